The molecule has 0 atom stereocenters. The Morgan fingerprint density at radius 3 is 2.00 bits per heavy atom. The van der Waals surface area contributed by atoms with Gasteiger partial charge in [-0.1, -0.05) is 20.8 Å². The van der Waals surface area contributed by atoms with Crippen LogP contribution in [0.4, 0.5) is 0 Å². The number of hydrogen-bond acceptors (Lipinski definition) is 4. The fourth-order valence-electron chi connectivity index (χ4n) is 1.58. The van der Waals surface area contributed by atoms with Crippen molar-refractivity contribution in [2.24, 2.45) is 11.1 Å². The molecule has 0 spiro atoms. The van der Waals surface area contributed by atoms with Gasteiger partial charge in [0.25, 0.3) is 0 Å². The largest absolute Gasteiger partial charge is 0.460 e. The van der Waals surface area contributed by atoms with Gasteiger partial charge in [-0.2, -0.15) is 0 Å². The zero-order valence-corrected chi connectivity index (χ0v) is 13.8. The molecule has 5 heteroatoms. The van der Waals surface area contributed by atoms with E-state index in [-0.39, 0.29) is 30.3 Å². The van der Waals surface area contributed by atoms with Crippen molar-refractivity contribution in [1.29, 1.82) is 0 Å². The lowest BCUT2D eigenvalue weighted by Gasteiger charge is -2.27. The normalized spacial score (nSPS) is 12.2. The van der Waals surface area contributed by atoms with Crippen molar-refractivity contribution in [2.75, 3.05) is 19.6 Å². The summed E-state index contributed by atoms with van der Waals surface area (Å²) in [6.07, 6.45) is 1.07. The summed E-state index contributed by atoms with van der Waals surface area (Å²) in [4.78, 5) is 25.1. The summed E-state index contributed by atoms with van der Waals surface area (Å²) in [6, 6.07) is 0. The predicted molar refractivity (Wildman–Crippen MR) is 80.2 cm³/mol. The Kier molecular flexibility index (Phi) is 7.20. The number of amides is 1. The molecule has 0 aliphatic heterocycles. The Bertz CT molecular complexity index is 327. The standard InChI is InChI=1S/C15H30N2O3/c1-14(2,3)8-10-17(12(18)11-16)9-7-13(19)20-15(4,5)6/h7-11,16H2,1-6H3. The van der Waals surface area contributed by atoms with Gasteiger partial charge in [0, 0.05) is 13.1 Å². The third kappa shape index (κ3) is 9.78. The number of nitrogens with two attached hydrogens (primary N) is 1. The van der Waals surface area contributed by atoms with E-state index in [1.54, 1.807) is 4.90 Å². The van der Waals surface area contributed by atoms with Crippen LogP contribution in [-0.4, -0.2) is 42.0 Å². The van der Waals surface area contributed by atoms with E-state index in [1.165, 1.54) is 0 Å². The highest BCUT2D eigenvalue weighted by atomic mass is 16.6. The third-order valence-corrected chi connectivity index (χ3v) is 2.66. The van der Waals surface area contributed by atoms with E-state index in [2.05, 4.69) is 20.8 Å². The minimum absolute atomic E-state index is 0.0293. The lowest BCUT2D eigenvalue weighted by molar-refractivity contribution is -0.155. The lowest BCUT2D eigenvalue weighted by atomic mass is 9.92. The molecule has 0 aromatic carbocycles. The van der Waals surface area contributed by atoms with Gasteiger partial charge in [-0.25, -0.2) is 0 Å². The molecule has 0 aliphatic carbocycles. The van der Waals surface area contributed by atoms with Crippen LogP contribution >= 0.6 is 0 Å². The van der Waals surface area contributed by atoms with E-state index in [0.29, 0.717) is 13.1 Å². The molecule has 118 valence electrons. The molecule has 1 amide bonds. The van der Waals surface area contributed by atoms with Crippen molar-refractivity contribution in [3.63, 3.8) is 0 Å². The van der Waals surface area contributed by atoms with Crippen molar-refractivity contribution in [1.82, 2.24) is 4.90 Å². The Balaban J connectivity index is 4.38. The Morgan fingerprint density at radius 2 is 1.60 bits per heavy atom. The van der Waals surface area contributed by atoms with Crippen LogP contribution in [-0.2, 0) is 14.3 Å². The predicted octanol–water partition coefficient (Wildman–Crippen LogP) is 1.94. The minimum Gasteiger partial charge on any atom is -0.460 e. The first-order valence-electron chi connectivity index (χ1n) is 7.14. The molecule has 0 aromatic heterocycles. The highest BCUT2D eigenvalue weighted by Crippen LogP contribution is 2.19. The van der Waals surface area contributed by atoms with Crippen LogP contribution in [0.1, 0.15) is 54.4 Å². The summed E-state index contributed by atoms with van der Waals surface area (Å²) in [5, 5.41) is 0. The van der Waals surface area contributed by atoms with E-state index >= 15 is 0 Å². The lowest BCUT2D eigenvalue weighted by Crippen LogP contribution is -2.39. The highest BCUT2D eigenvalue weighted by Gasteiger charge is 2.20. The molecular weight excluding hydrogens is 256 g/mol. The molecule has 0 saturated carbocycles. The highest BCUT2D eigenvalue weighted by molar-refractivity contribution is 5.79. The maximum absolute atomic E-state index is 11.8. The summed E-state index contributed by atoms with van der Waals surface area (Å²) in [5.74, 6) is -0.416. The molecular formula is C15H30N2O3. The second kappa shape index (κ2) is 7.62. The molecule has 2 N–H and O–H groups in total. The average molecular weight is 286 g/mol. The molecule has 20 heavy (non-hydrogen) atoms. The van der Waals surface area contributed by atoms with Gasteiger partial charge < -0.3 is 15.4 Å². The van der Waals surface area contributed by atoms with Gasteiger partial charge in [-0.05, 0) is 32.6 Å². The van der Waals surface area contributed by atoms with Crippen molar-refractivity contribution in [3.05, 3.63) is 0 Å². The van der Waals surface area contributed by atoms with E-state index in [1.807, 2.05) is 20.8 Å². The molecule has 0 saturated heterocycles. The topological polar surface area (TPSA) is 72.6 Å². The second-order valence-electron chi connectivity index (χ2n) is 7.23. The molecule has 0 rings (SSSR count). The van der Waals surface area contributed by atoms with E-state index < -0.39 is 5.60 Å². The molecule has 5 nitrogen and oxygen atoms in total. The van der Waals surface area contributed by atoms with Crippen molar-refractivity contribution >= 4 is 11.9 Å². The van der Waals surface area contributed by atoms with Gasteiger partial charge in [0.15, 0.2) is 0 Å². The fourth-order valence-corrected chi connectivity index (χ4v) is 1.58. The molecule has 0 fully saturated rings. The number of hydrogen-bond donors (Lipinski definition) is 1. The number of nitrogens with zero attached hydrogens (tertiary/aromatic N) is 1. The van der Waals surface area contributed by atoms with Crippen molar-refractivity contribution < 1.29 is 14.3 Å². The molecule has 0 radical (unpaired) electrons. The molecule has 0 bridgehead atoms. The van der Waals surface area contributed by atoms with Crippen LogP contribution in [0, 0.1) is 5.41 Å². The van der Waals surface area contributed by atoms with Crippen LogP contribution < -0.4 is 5.73 Å². The van der Waals surface area contributed by atoms with Crippen LogP contribution in [0.15, 0.2) is 0 Å². The number of esters is 1. The van der Waals surface area contributed by atoms with E-state index in [9.17, 15) is 9.59 Å². The summed E-state index contributed by atoms with van der Waals surface area (Å²) in [5.41, 5.74) is 5.06. The monoisotopic (exact) mass is 286 g/mol. The van der Waals surface area contributed by atoms with Crippen LogP contribution in [0.25, 0.3) is 0 Å². The quantitative estimate of drug-likeness (QED) is 0.757. The van der Waals surface area contributed by atoms with Gasteiger partial charge in [0.2, 0.25) is 5.91 Å². The smallest absolute Gasteiger partial charge is 0.308 e. The number of carbonyl (C=O) groups excluding carboxylic acids is 2. The first kappa shape index (κ1) is 18.9. The summed E-state index contributed by atoms with van der Waals surface area (Å²) in [6.45, 7) is 12.8. The van der Waals surface area contributed by atoms with Gasteiger partial charge in [-0.15, -0.1) is 0 Å². The Hall–Kier alpha value is -1.10. The molecule has 0 heterocycles. The maximum atomic E-state index is 11.8. The van der Waals surface area contributed by atoms with Gasteiger partial charge in [0.1, 0.15) is 5.60 Å². The zero-order valence-electron chi connectivity index (χ0n) is 13.8. The van der Waals surface area contributed by atoms with Gasteiger partial charge >= 0.3 is 5.97 Å². The number of ether oxygens (including phenoxy) is 1. The van der Waals surface area contributed by atoms with Crippen LogP contribution in [0.3, 0.4) is 0 Å². The summed E-state index contributed by atoms with van der Waals surface area (Å²) < 4.78 is 5.24. The second-order valence-corrected chi connectivity index (χ2v) is 7.23. The third-order valence-electron chi connectivity index (χ3n) is 2.66. The van der Waals surface area contributed by atoms with Gasteiger partial charge in [-0.3, -0.25) is 9.59 Å². The van der Waals surface area contributed by atoms with Crippen LogP contribution in [0.2, 0.25) is 0 Å². The summed E-state index contributed by atoms with van der Waals surface area (Å²) in [7, 11) is 0. The average Bonchev–Trinajstić information content (AvgIpc) is 2.24. The first-order chi connectivity index (χ1) is 8.94. The zero-order chi connectivity index (χ0) is 16.0. The van der Waals surface area contributed by atoms with E-state index in [0.717, 1.165) is 6.42 Å². The Morgan fingerprint density at radius 1 is 1.05 bits per heavy atom. The van der Waals surface area contributed by atoms with Crippen molar-refractivity contribution in [3.8, 4) is 0 Å². The minimum atomic E-state index is -0.495. The first-order valence-corrected chi connectivity index (χ1v) is 7.14. The van der Waals surface area contributed by atoms with Crippen LogP contribution in [0.5, 0.6) is 0 Å². The SMILES string of the molecule is CC(C)(C)CCN(CCC(=O)OC(C)(C)C)C(=O)CN. The van der Waals surface area contributed by atoms with Crippen molar-refractivity contribution in [2.45, 2.75) is 60.0 Å². The molecule has 0 unspecified atom stereocenters. The Labute approximate surface area is 122 Å². The summed E-state index contributed by atoms with van der Waals surface area (Å²) >= 11 is 0. The fraction of sp³-hybridized carbons (Fsp3) is 0.867. The van der Waals surface area contributed by atoms with E-state index in [4.69, 9.17) is 10.5 Å². The molecule has 0 aromatic rings. The maximum Gasteiger partial charge on any atom is 0.308 e. The van der Waals surface area contributed by atoms with Gasteiger partial charge in [0.05, 0.1) is 13.0 Å². The molecule has 0 aliphatic rings. The number of carbonyl (C=O) groups is 2. The number of rotatable bonds is 6.